The number of hydrogen-bond donors (Lipinski definition) is 2. The molecule has 0 bridgehead atoms. The van der Waals surface area contributed by atoms with Gasteiger partial charge < -0.3 is 10.0 Å². The summed E-state index contributed by atoms with van der Waals surface area (Å²) in [4.78, 5) is 35.5. The highest BCUT2D eigenvalue weighted by Gasteiger charge is 2.17. The standard InChI is InChI=1S/C13H24N2O4/c1-4-6-15(7-5-2)13(19)14-11(16)8-10(3)9-12(17)18/h10H,4-9H2,1-3H3,(H,17,18)(H,14,16,19). The van der Waals surface area contributed by atoms with Gasteiger partial charge in [0.15, 0.2) is 0 Å². The number of nitrogens with zero attached hydrogens (tertiary/aromatic N) is 1. The Balaban J connectivity index is 4.22. The Labute approximate surface area is 114 Å². The van der Waals surface area contributed by atoms with Crippen molar-refractivity contribution in [1.29, 1.82) is 0 Å². The Morgan fingerprint density at radius 1 is 1.11 bits per heavy atom. The molecule has 0 aromatic rings. The van der Waals surface area contributed by atoms with E-state index in [-0.39, 0.29) is 18.8 Å². The van der Waals surface area contributed by atoms with Crippen molar-refractivity contribution in [3.63, 3.8) is 0 Å². The minimum Gasteiger partial charge on any atom is -0.481 e. The Hall–Kier alpha value is -1.59. The zero-order valence-electron chi connectivity index (χ0n) is 11.9. The monoisotopic (exact) mass is 272 g/mol. The summed E-state index contributed by atoms with van der Waals surface area (Å²) in [6.07, 6.45) is 1.63. The Morgan fingerprint density at radius 3 is 2.05 bits per heavy atom. The number of carbonyl (C=O) groups is 3. The van der Waals surface area contributed by atoms with Gasteiger partial charge >= 0.3 is 12.0 Å². The maximum Gasteiger partial charge on any atom is 0.324 e. The number of aliphatic carboxylic acids is 1. The van der Waals surface area contributed by atoms with E-state index in [2.05, 4.69) is 5.32 Å². The van der Waals surface area contributed by atoms with Gasteiger partial charge in [-0.25, -0.2) is 4.79 Å². The van der Waals surface area contributed by atoms with Gasteiger partial charge in [-0.15, -0.1) is 0 Å². The second kappa shape index (κ2) is 9.35. The van der Waals surface area contributed by atoms with E-state index in [4.69, 9.17) is 5.11 Å². The van der Waals surface area contributed by atoms with Crippen molar-refractivity contribution in [3.05, 3.63) is 0 Å². The molecule has 110 valence electrons. The highest BCUT2D eigenvalue weighted by Crippen LogP contribution is 2.07. The summed E-state index contributed by atoms with van der Waals surface area (Å²) in [7, 11) is 0. The third kappa shape index (κ3) is 8.18. The molecule has 6 nitrogen and oxygen atoms in total. The predicted molar refractivity (Wildman–Crippen MR) is 71.7 cm³/mol. The number of carboxylic acid groups (broad SMARTS) is 1. The summed E-state index contributed by atoms with van der Waals surface area (Å²) in [5.41, 5.74) is 0. The van der Waals surface area contributed by atoms with Crippen molar-refractivity contribution >= 4 is 17.9 Å². The van der Waals surface area contributed by atoms with E-state index < -0.39 is 17.9 Å². The summed E-state index contributed by atoms with van der Waals surface area (Å²) in [5.74, 6) is -1.64. The van der Waals surface area contributed by atoms with E-state index in [0.717, 1.165) is 12.8 Å². The van der Waals surface area contributed by atoms with E-state index in [9.17, 15) is 14.4 Å². The minimum absolute atomic E-state index is 0.0458. The first-order chi connectivity index (χ1) is 8.90. The van der Waals surface area contributed by atoms with E-state index in [1.54, 1.807) is 11.8 Å². The molecule has 0 spiro atoms. The lowest BCUT2D eigenvalue weighted by Gasteiger charge is -2.21. The van der Waals surface area contributed by atoms with Crippen molar-refractivity contribution in [1.82, 2.24) is 10.2 Å². The second-order valence-electron chi connectivity index (χ2n) is 4.75. The zero-order valence-corrected chi connectivity index (χ0v) is 11.9. The molecule has 0 fully saturated rings. The smallest absolute Gasteiger partial charge is 0.324 e. The Morgan fingerprint density at radius 2 is 1.63 bits per heavy atom. The molecule has 1 atom stereocenters. The normalized spacial score (nSPS) is 11.7. The zero-order chi connectivity index (χ0) is 14.8. The molecular formula is C13H24N2O4. The predicted octanol–water partition coefficient (Wildman–Crippen LogP) is 1.85. The lowest BCUT2D eigenvalue weighted by molar-refractivity contribution is -0.138. The second-order valence-corrected chi connectivity index (χ2v) is 4.75. The third-order valence-electron chi connectivity index (χ3n) is 2.58. The fourth-order valence-electron chi connectivity index (χ4n) is 1.79. The topological polar surface area (TPSA) is 86.7 Å². The Bertz CT molecular complexity index is 312. The van der Waals surface area contributed by atoms with Crippen LogP contribution in [0.3, 0.4) is 0 Å². The molecule has 0 aromatic carbocycles. The molecule has 0 aliphatic carbocycles. The molecule has 0 saturated carbocycles. The van der Waals surface area contributed by atoms with E-state index >= 15 is 0 Å². The van der Waals surface area contributed by atoms with E-state index in [1.807, 2.05) is 13.8 Å². The highest BCUT2D eigenvalue weighted by atomic mass is 16.4. The van der Waals surface area contributed by atoms with Gasteiger partial charge in [-0.2, -0.15) is 0 Å². The molecule has 0 heterocycles. The molecule has 1 unspecified atom stereocenters. The van der Waals surface area contributed by atoms with Crippen molar-refractivity contribution in [2.75, 3.05) is 13.1 Å². The summed E-state index contributed by atoms with van der Waals surface area (Å²) in [5, 5.41) is 10.9. The fraction of sp³-hybridized carbons (Fsp3) is 0.769. The number of hydrogen-bond acceptors (Lipinski definition) is 3. The van der Waals surface area contributed by atoms with E-state index in [1.165, 1.54) is 0 Å². The summed E-state index contributed by atoms with van der Waals surface area (Å²) < 4.78 is 0. The quantitative estimate of drug-likeness (QED) is 0.706. The van der Waals surface area contributed by atoms with E-state index in [0.29, 0.717) is 13.1 Å². The molecule has 0 aliphatic rings. The van der Waals surface area contributed by atoms with Crippen molar-refractivity contribution in [2.45, 2.75) is 46.5 Å². The summed E-state index contributed by atoms with van der Waals surface area (Å²) >= 11 is 0. The number of nitrogens with one attached hydrogen (secondary N) is 1. The molecule has 0 rings (SSSR count). The van der Waals surface area contributed by atoms with Crippen LogP contribution in [0.4, 0.5) is 4.79 Å². The van der Waals surface area contributed by atoms with Gasteiger partial charge in [-0.1, -0.05) is 20.8 Å². The molecule has 2 N–H and O–H groups in total. The van der Waals surface area contributed by atoms with Crippen LogP contribution < -0.4 is 5.32 Å². The maximum atomic E-state index is 11.8. The van der Waals surface area contributed by atoms with Crippen LogP contribution in [-0.4, -0.2) is 41.0 Å². The number of rotatable bonds is 8. The molecule has 6 heteroatoms. The molecule has 0 aromatic heterocycles. The van der Waals surface area contributed by atoms with Crippen LogP contribution >= 0.6 is 0 Å². The van der Waals surface area contributed by atoms with Crippen LogP contribution in [0.25, 0.3) is 0 Å². The number of carbonyl (C=O) groups excluding carboxylic acids is 2. The highest BCUT2D eigenvalue weighted by molar-refractivity contribution is 5.94. The first kappa shape index (κ1) is 17.4. The molecule has 3 amide bonds. The number of urea groups is 1. The van der Waals surface area contributed by atoms with Crippen molar-refractivity contribution in [2.24, 2.45) is 5.92 Å². The average Bonchev–Trinajstić information content (AvgIpc) is 2.26. The molecule has 19 heavy (non-hydrogen) atoms. The van der Waals surface area contributed by atoms with Gasteiger partial charge in [0.1, 0.15) is 0 Å². The molecule has 0 aliphatic heterocycles. The van der Waals surface area contributed by atoms with Crippen molar-refractivity contribution < 1.29 is 19.5 Å². The summed E-state index contributed by atoms with van der Waals surface area (Å²) in [6, 6.07) is -0.392. The lowest BCUT2D eigenvalue weighted by atomic mass is 10.0. The van der Waals surface area contributed by atoms with Crippen molar-refractivity contribution in [3.8, 4) is 0 Å². The SMILES string of the molecule is CCCN(CCC)C(=O)NC(=O)CC(C)CC(=O)O. The van der Waals surface area contributed by atoms with Gasteiger partial charge in [-0.05, 0) is 18.8 Å². The number of amides is 3. The third-order valence-corrected chi connectivity index (χ3v) is 2.58. The van der Waals surface area contributed by atoms with Crippen LogP contribution in [0.2, 0.25) is 0 Å². The molecule has 0 saturated heterocycles. The lowest BCUT2D eigenvalue weighted by Crippen LogP contribution is -2.44. The van der Waals surface area contributed by atoms with Gasteiger partial charge in [0, 0.05) is 25.9 Å². The van der Waals surface area contributed by atoms with Gasteiger partial charge in [0.05, 0.1) is 0 Å². The largest absolute Gasteiger partial charge is 0.481 e. The first-order valence-corrected chi connectivity index (χ1v) is 6.71. The van der Waals surface area contributed by atoms with Crippen LogP contribution in [0.5, 0.6) is 0 Å². The van der Waals surface area contributed by atoms with Crippen LogP contribution in [-0.2, 0) is 9.59 Å². The summed E-state index contributed by atoms with van der Waals surface area (Å²) in [6.45, 7) is 6.82. The van der Waals surface area contributed by atoms with Gasteiger partial charge in [0.25, 0.3) is 0 Å². The maximum absolute atomic E-state index is 11.8. The molecule has 0 radical (unpaired) electrons. The number of carboxylic acids is 1. The fourth-order valence-corrected chi connectivity index (χ4v) is 1.79. The Kier molecular flexibility index (Phi) is 8.57. The average molecular weight is 272 g/mol. The van der Waals surface area contributed by atoms with Gasteiger partial charge in [0.2, 0.25) is 5.91 Å². The van der Waals surface area contributed by atoms with Crippen LogP contribution in [0.1, 0.15) is 46.5 Å². The van der Waals surface area contributed by atoms with Crippen LogP contribution in [0.15, 0.2) is 0 Å². The molecular weight excluding hydrogens is 248 g/mol. The van der Waals surface area contributed by atoms with Gasteiger partial charge in [-0.3, -0.25) is 14.9 Å². The first-order valence-electron chi connectivity index (χ1n) is 6.71. The number of imide groups is 1. The minimum atomic E-state index is -0.940. The van der Waals surface area contributed by atoms with Crippen LogP contribution in [0, 0.1) is 5.92 Å².